The van der Waals surface area contributed by atoms with Gasteiger partial charge >= 0.3 is 5.97 Å². The molecule has 1 aromatic heterocycles. The average molecular weight is 166 g/mol. The Morgan fingerprint density at radius 1 is 1.58 bits per heavy atom. The van der Waals surface area contributed by atoms with Crippen LogP contribution in [-0.4, -0.2) is 16.1 Å². The number of aliphatic carboxylic acids is 1. The molecule has 0 spiro atoms. The molecular formula is C8H10N2O2. The highest BCUT2D eigenvalue weighted by molar-refractivity contribution is 5.69. The second-order valence-corrected chi connectivity index (χ2v) is 2.43. The molecule has 0 saturated carbocycles. The summed E-state index contributed by atoms with van der Waals surface area (Å²) in [6.45, 7) is 0.431. The largest absolute Gasteiger partial charge is 0.481 e. The number of carboxylic acid groups (broad SMARTS) is 1. The molecule has 0 amide bonds. The lowest BCUT2D eigenvalue weighted by Gasteiger charge is -1.97. The standard InChI is InChI=1S/C8H10N2O2/c9-4-6-1-2-7(10-5-6)3-8(11)12/h1-2,5H,3-4,9H2,(H,11,12). The molecule has 0 saturated heterocycles. The molecular weight excluding hydrogens is 156 g/mol. The Morgan fingerprint density at radius 3 is 2.75 bits per heavy atom. The van der Waals surface area contributed by atoms with Gasteiger partial charge in [0.25, 0.3) is 0 Å². The van der Waals surface area contributed by atoms with E-state index in [9.17, 15) is 4.79 Å². The fourth-order valence-corrected chi connectivity index (χ4v) is 0.835. The van der Waals surface area contributed by atoms with E-state index in [0.717, 1.165) is 5.56 Å². The molecule has 0 aliphatic rings. The Kier molecular flexibility index (Phi) is 2.76. The van der Waals surface area contributed by atoms with Crippen LogP contribution in [0.4, 0.5) is 0 Å². The molecule has 4 heteroatoms. The third-order valence-corrected chi connectivity index (χ3v) is 1.45. The van der Waals surface area contributed by atoms with E-state index < -0.39 is 5.97 Å². The van der Waals surface area contributed by atoms with Crippen molar-refractivity contribution in [2.24, 2.45) is 5.73 Å². The molecule has 64 valence electrons. The van der Waals surface area contributed by atoms with Crippen LogP contribution < -0.4 is 5.73 Å². The summed E-state index contributed by atoms with van der Waals surface area (Å²) in [5.41, 5.74) is 6.81. The van der Waals surface area contributed by atoms with Crippen LogP contribution in [0.5, 0.6) is 0 Å². The van der Waals surface area contributed by atoms with Crippen molar-refractivity contribution < 1.29 is 9.90 Å². The molecule has 0 atom stereocenters. The van der Waals surface area contributed by atoms with Crippen molar-refractivity contribution in [3.8, 4) is 0 Å². The van der Waals surface area contributed by atoms with Crippen molar-refractivity contribution in [1.29, 1.82) is 0 Å². The van der Waals surface area contributed by atoms with Crippen molar-refractivity contribution in [3.63, 3.8) is 0 Å². The molecule has 3 N–H and O–H groups in total. The maximum Gasteiger partial charge on any atom is 0.309 e. The first-order valence-electron chi connectivity index (χ1n) is 3.58. The molecule has 0 fully saturated rings. The number of aromatic nitrogens is 1. The molecule has 0 aliphatic carbocycles. The van der Waals surface area contributed by atoms with Crippen molar-refractivity contribution >= 4 is 5.97 Å². The zero-order valence-corrected chi connectivity index (χ0v) is 6.53. The molecule has 0 radical (unpaired) electrons. The molecule has 1 rings (SSSR count). The first-order chi connectivity index (χ1) is 5.72. The van der Waals surface area contributed by atoms with Gasteiger partial charge in [-0.25, -0.2) is 0 Å². The molecule has 12 heavy (non-hydrogen) atoms. The van der Waals surface area contributed by atoms with Crippen molar-refractivity contribution in [2.75, 3.05) is 0 Å². The van der Waals surface area contributed by atoms with E-state index in [2.05, 4.69) is 4.98 Å². The van der Waals surface area contributed by atoms with E-state index in [1.807, 2.05) is 0 Å². The second kappa shape index (κ2) is 3.82. The summed E-state index contributed by atoms with van der Waals surface area (Å²) >= 11 is 0. The summed E-state index contributed by atoms with van der Waals surface area (Å²) in [4.78, 5) is 14.2. The molecule has 0 aliphatic heterocycles. The van der Waals surface area contributed by atoms with E-state index in [4.69, 9.17) is 10.8 Å². The van der Waals surface area contributed by atoms with Crippen molar-refractivity contribution in [1.82, 2.24) is 4.98 Å². The minimum atomic E-state index is -0.872. The molecule has 0 aromatic carbocycles. The van der Waals surface area contributed by atoms with Gasteiger partial charge in [-0.05, 0) is 11.6 Å². The van der Waals surface area contributed by atoms with E-state index in [0.29, 0.717) is 12.2 Å². The van der Waals surface area contributed by atoms with Crippen LogP contribution >= 0.6 is 0 Å². The summed E-state index contributed by atoms with van der Waals surface area (Å²) < 4.78 is 0. The van der Waals surface area contributed by atoms with Gasteiger partial charge in [0, 0.05) is 12.7 Å². The normalized spacial score (nSPS) is 9.75. The van der Waals surface area contributed by atoms with Gasteiger partial charge in [-0.2, -0.15) is 0 Å². The first kappa shape index (κ1) is 8.67. The van der Waals surface area contributed by atoms with Crippen LogP contribution in [0.25, 0.3) is 0 Å². The predicted molar refractivity (Wildman–Crippen MR) is 43.5 cm³/mol. The van der Waals surface area contributed by atoms with Crippen LogP contribution in [0.15, 0.2) is 18.3 Å². The number of carbonyl (C=O) groups is 1. The van der Waals surface area contributed by atoms with Gasteiger partial charge in [0.05, 0.1) is 12.1 Å². The summed E-state index contributed by atoms with van der Waals surface area (Å²) in [5, 5.41) is 8.43. The van der Waals surface area contributed by atoms with Crippen LogP contribution in [0, 0.1) is 0 Å². The monoisotopic (exact) mass is 166 g/mol. The number of carboxylic acids is 1. The maximum absolute atomic E-state index is 10.3. The minimum absolute atomic E-state index is 0.0369. The summed E-state index contributed by atoms with van der Waals surface area (Å²) in [5.74, 6) is -0.872. The number of nitrogens with two attached hydrogens (primary N) is 1. The van der Waals surface area contributed by atoms with Gasteiger partial charge in [-0.1, -0.05) is 6.07 Å². The minimum Gasteiger partial charge on any atom is -0.481 e. The summed E-state index contributed by atoms with van der Waals surface area (Å²) in [7, 11) is 0. The lowest BCUT2D eigenvalue weighted by atomic mass is 10.2. The maximum atomic E-state index is 10.3. The fraction of sp³-hybridized carbons (Fsp3) is 0.250. The first-order valence-corrected chi connectivity index (χ1v) is 3.58. The predicted octanol–water partition coefficient (Wildman–Crippen LogP) is 0.167. The zero-order valence-electron chi connectivity index (χ0n) is 6.53. The molecule has 1 heterocycles. The highest BCUT2D eigenvalue weighted by atomic mass is 16.4. The number of hydrogen-bond donors (Lipinski definition) is 2. The van der Waals surface area contributed by atoms with Gasteiger partial charge in [0.15, 0.2) is 0 Å². The molecule has 1 aromatic rings. The lowest BCUT2D eigenvalue weighted by molar-refractivity contribution is -0.136. The Balaban J connectivity index is 2.71. The number of hydrogen-bond acceptors (Lipinski definition) is 3. The number of nitrogens with zero attached hydrogens (tertiary/aromatic N) is 1. The van der Waals surface area contributed by atoms with E-state index in [1.165, 1.54) is 0 Å². The second-order valence-electron chi connectivity index (χ2n) is 2.43. The third kappa shape index (κ3) is 2.32. The van der Waals surface area contributed by atoms with Crippen LogP contribution in [0.3, 0.4) is 0 Å². The van der Waals surface area contributed by atoms with Gasteiger partial charge in [-0.15, -0.1) is 0 Å². The molecule has 0 unspecified atom stereocenters. The van der Waals surface area contributed by atoms with Crippen molar-refractivity contribution in [2.45, 2.75) is 13.0 Å². The lowest BCUT2D eigenvalue weighted by Crippen LogP contribution is -2.03. The highest BCUT2D eigenvalue weighted by Crippen LogP contribution is 1.99. The van der Waals surface area contributed by atoms with Crippen LogP contribution in [0.2, 0.25) is 0 Å². The fourth-order valence-electron chi connectivity index (χ4n) is 0.835. The smallest absolute Gasteiger partial charge is 0.309 e. The quantitative estimate of drug-likeness (QED) is 0.671. The Bertz CT molecular complexity index is 269. The topological polar surface area (TPSA) is 76.2 Å². The van der Waals surface area contributed by atoms with E-state index in [-0.39, 0.29) is 6.42 Å². The van der Waals surface area contributed by atoms with Crippen molar-refractivity contribution in [3.05, 3.63) is 29.6 Å². The SMILES string of the molecule is NCc1ccc(CC(=O)O)nc1. The summed E-state index contributed by atoms with van der Waals surface area (Å²) in [6.07, 6.45) is 1.56. The van der Waals surface area contributed by atoms with Gasteiger partial charge < -0.3 is 10.8 Å². The van der Waals surface area contributed by atoms with E-state index >= 15 is 0 Å². The molecule has 0 bridgehead atoms. The molecule has 4 nitrogen and oxygen atoms in total. The highest BCUT2D eigenvalue weighted by Gasteiger charge is 2.00. The van der Waals surface area contributed by atoms with Gasteiger partial charge in [0.1, 0.15) is 0 Å². The Morgan fingerprint density at radius 2 is 2.33 bits per heavy atom. The van der Waals surface area contributed by atoms with Crippen LogP contribution in [0.1, 0.15) is 11.3 Å². The zero-order chi connectivity index (χ0) is 8.97. The Labute approximate surface area is 70.0 Å². The van der Waals surface area contributed by atoms with E-state index in [1.54, 1.807) is 18.3 Å². The van der Waals surface area contributed by atoms with Gasteiger partial charge in [0.2, 0.25) is 0 Å². The number of rotatable bonds is 3. The Hall–Kier alpha value is -1.42. The third-order valence-electron chi connectivity index (χ3n) is 1.45. The van der Waals surface area contributed by atoms with Crippen LogP contribution in [-0.2, 0) is 17.8 Å². The number of pyridine rings is 1. The van der Waals surface area contributed by atoms with Gasteiger partial charge in [-0.3, -0.25) is 9.78 Å². The average Bonchev–Trinajstić information content (AvgIpc) is 2.05. The summed E-state index contributed by atoms with van der Waals surface area (Å²) in [6, 6.07) is 3.46.